The third kappa shape index (κ3) is 2.43. The van der Waals surface area contributed by atoms with Crippen LogP contribution in [0, 0.1) is 6.92 Å². The topological polar surface area (TPSA) is 66.7 Å². The Bertz CT molecular complexity index is 581. The first-order valence-corrected chi connectivity index (χ1v) is 5.60. The lowest BCUT2D eigenvalue weighted by Gasteiger charge is -2.09. The number of benzene rings is 1. The van der Waals surface area contributed by atoms with E-state index in [0.717, 1.165) is 17.1 Å². The number of rotatable bonds is 4. The fourth-order valence-corrected chi connectivity index (χ4v) is 1.67. The van der Waals surface area contributed by atoms with Crippen molar-refractivity contribution in [3.8, 4) is 0 Å². The summed E-state index contributed by atoms with van der Waals surface area (Å²) in [5, 5.41) is 3.15. The third-order valence-electron chi connectivity index (χ3n) is 2.53. The van der Waals surface area contributed by atoms with E-state index in [4.69, 9.17) is 5.73 Å². The van der Waals surface area contributed by atoms with Gasteiger partial charge >= 0.3 is 0 Å². The van der Waals surface area contributed by atoms with E-state index < -0.39 is 0 Å². The summed E-state index contributed by atoms with van der Waals surface area (Å²) in [6.45, 7) is 9.57. The number of nitrogens with zero attached hydrogens (tertiary/aromatic N) is 1. The molecule has 0 radical (unpaired) electrons. The van der Waals surface area contributed by atoms with Crippen molar-refractivity contribution >= 4 is 17.2 Å². The molecule has 0 aliphatic heterocycles. The number of nitrogens with two attached hydrogens (primary N) is 1. The summed E-state index contributed by atoms with van der Waals surface area (Å²) in [4.78, 5) is 7.39. The Morgan fingerprint density at radius 1 is 1.28 bits per heavy atom. The van der Waals surface area contributed by atoms with E-state index in [1.807, 2.05) is 37.3 Å². The van der Waals surface area contributed by atoms with Crippen LogP contribution in [-0.4, -0.2) is 9.97 Å². The number of aromatic amines is 1. The Hall–Kier alpha value is -2.49. The van der Waals surface area contributed by atoms with Crippen LogP contribution in [0.1, 0.15) is 17.1 Å². The lowest BCUT2D eigenvalue weighted by atomic mass is 10.2. The molecule has 0 unspecified atom stereocenters. The molecule has 92 valence electrons. The number of aryl methyl sites for hydroxylation is 1. The summed E-state index contributed by atoms with van der Waals surface area (Å²) in [6, 6.07) is 9.84. The van der Waals surface area contributed by atoms with Crippen molar-refractivity contribution in [1.29, 1.82) is 0 Å². The average Bonchev–Trinajstić information content (AvgIpc) is 2.71. The van der Waals surface area contributed by atoms with E-state index in [-0.39, 0.29) is 0 Å². The van der Waals surface area contributed by atoms with E-state index >= 15 is 0 Å². The minimum atomic E-state index is 0.443. The van der Waals surface area contributed by atoms with Crippen molar-refractivity contribution in [3.63, 3.8) is 0 Å². The van der Waals surface area contributed by atoms with Crippen LogP contribution in [-0.2, 0) is 0 Å². The second-order valence-electron chi connectivity index (χ2n) is 4.04. The molecule has 0 fully saturated rings. The lowest BCUT2D eigenvalue weighted by molar-refractivity contribution is 1.14. The van der Waals surface area contributed by atoms with Crippen molar-refractivity contribution in [2.45, 2.75) is 6.92 Å². The zero-order chi connectivity index (χ0) is 13.1. The predicted octanol–water partition coefficient (Wildman–Crippen LogP) is 2.73. The van der Waals surface area contributed by atoms with E-state index in [1.165, 1.54) is 0 Å². The summed E-state index contributed by atoms with van der Waals surface area (Å²) in [5.41, 5.74) is 8.62. The molecule has 0 saturated heterocycles. The van der Waals surface area contributed by atoms with E-state index in [0.29, 0.717) is 17.2 Å². The van der Waals surface area contributed by atoms with E-state index in [9.17, 15) is 0 Å². The number of hydrogen-bond acceptors (Lipinski definition) is 3. The Labute approximate surface area is 106 Å². The second kappa shape index (κ2) is 4.79. The van der Waals surface area contributed by atoms with Crippen LogP contribution < -0.4 is 11.1 Å². The van der Waals surface area contributed by atoms with E-state index in [1.54, 1.807) is 0 Å². The highest BCUT2D eigenvalue weighted by molar-refractivity contribution is 5.79. The Morgan fingerprint density at radius 3 is 2.56 bits per heavy atom. The molecule has 0 aliphatic carbocycles. The van der Waals surface area contributed by atoms with Gasteiger partial charge in [0.05, 0.1) is 5.70 Å². The number of aromatic nitrogens is 2. The molecule has 0 spiro atoms. The van der Waals surface area contributed by atoms with Crippen molar-refractivity contribution in [2.24, 2.45) is 5.73 Å². The highest BCUT2D eigenvalue weighted by Crippen LogP contribution is 2.21. The van der Waals surface area contributed by atoms with Gasteiger partial charge < -0.3 is 16.0 Å². The minimum Gasteiger partial charge on any atom is -0.397 e. The van der Waals surface area contributed by atoms with Crippen LogP contribution in [0.3, 0.4) is 0 Å². The number of nitrogens with one attached hydrogen (secondary N) is 2. The largest absolute Gasteiger partial charge is 0.397 e. The van der Waals surface area contributed by atoms with Crippen molar-refractivity contribution < 1.29 is 0 Å². The molecule has 4 heteroatoms. The number of hydrogen-bond donors (Lipinski definition) is 3. The average molecular weight is 240 g/mol. The molecule has 1 heterocycles. The summed E-state index contributed by atoms with van der Waals surface area (Å²) in [7, 11) is 0. The van der Waals surface area contributed by atoms with Gasteiger partial charge in [-0.2, -0.15) is 0 Å². The molecule has 0 saturated carbocycles. The van der Waals surface area contributed by atoms with Crippen molar-refractivity contribution in [1.82, 2.24) is 9.97 Å². The first-order chi connectivity index (χ1) is 8.58. The van der Waals surface area contributed by atoms with Crippen molar-refractivity contribution in [2.75, 3.05) is 5.32 Å². The Balaban J connectivity index is 2.25. The normalized spacial score (nSPS) is 10.1. The van der Waals surface area contributed by atoms with Gasteiger partial charge in [0, 0.05) is 5.70 Å². The number of H-pyrrole nitrogens is 1. The molecular weight excluding hydrogens is 224 g/mol. The van der Waals surface area contributed by atoms with Gasteiger partial charge in [0.15, 0.2) is 5.82 Å². The van der Waals surface area contributed by atoms with Gasteiger partial charge in [-0.05, 0) is 12.5 Å². The molecule has 4 nitrogen and oxygen atoms in total. The zero-order valence-electron chi connectivity index (χ0n) is 10.3. The van der Waals surface area contributed by atoms with Crippen LogP contribution in [0.15, 0.2) is 43.5 Å². The highest BCUT2D eigenvalue weighted by Gasteiger charge is 2.10. The zero-order valence-corrected chi connectivity index (χ0v) is 10.3. The molecule has 4 N–H and O–H groups in total. The highest BCUT2D eigenvalue weighted by atomic mass is 15.1. The monoisotopic (exact) mass is 240 g/mol. The number of imidazole rings is 1. The maximum absolute atomic E-state index is 5.71. The SMILES string of the molecule is C=C(Nc1nc(C)[nH]c1C(=C)N)c1ccccc1. The van der Waals surface area contributed by atoms with Gasteiger partial charge in [0.2, 0.25) is 0 Å². The smallest absolute Gasteiger partial charge is 0.158 e. The van der Waals surface area contributed by atoms with Crippen LogP contribution >= 0.6 is 0 Å². The number of anilines is 1. The lowest BCUT2D eigenvalue weighted by Crippen LogP contribution is -2.03. The molecular formula is C14H16N4. The van der Waals surface area contributed by atoms with E-state index in [2.05, 4.69) is 28.4 Å². The molecule has 0 amide bonds. The van der Waals surface area contributed by atoms with Gasteiger partial charge in [-0.1, -0.05) is 43.5 Å². The maximum Gasteiger partial charge on any atom is 0.158 e. The molecule has 1 aromatic heterocycles. The molecule has 18 heavy (non-hydrogen) atoms. The fourth-order valence-electron chi connectivity index (χ4n) is 1.67. The van der Waals surface area contributed by atoms with Crippen LogP contribution in [0.5, 0.6) is 0 Å². The summed E-state index contributed by atoms with van der Waals surface area (Å²) >= 11 is 0. The summed E-state index contributed by atoms with van der Waals surface area (Å²) in [5.74, 6) is 1.42. The Morgan fingerprint density at radius 2 is 1.94 bits per heavy atom. The molecule has 0 bridgehead atoms. The summed E-state index contributed by atoms with van der Waals surface area (Å²) < 4.78 is 0. The molecule has 1 aromatic carbocycles. The second-order valence-corrected chi connectivity index (χ2v) is 4.04. The van der Waals surface area contributed by atoms with Gasteiger partial charge in [-0.25, -0.2) is 4.98 Å². The van der Waals surface area contributed by atoms with Crippen LogP contribution in [0.4, 0.5) is 5.82 Å². The quantitative estimate of drug-likeness (QED) is 0.769. The van der Waals surface area contributed by atoms with Gasteiger partial charge in [-0.15, -0.1) is 0 Å². The summed E-state index contributed by atoms with van der Waals surface area (Å²) in [6.07, 6.45) is 0. The predicted molar refractivity (Wildman–Crippen MR) is 75.6 cm³/mol. The molecule has 0 aliphatic rings. The van der Waals surface area contributed by atoms with Crippen LogP contribution in [0.25, 0.3) is 11.4 Å². The first kappa shape index (κ1) is 12.0. The van der Waals surface area contributed by atoms with Crippen LogP contribution in [0.2, 0.25) is 0 Å². The van der Waals surface area contributed by atoms with Gasteiger partial charge in [0.1, 0.15) is 11.5 Å². The third-order valence-corrected chi connectivity index (χ3v) is 2.53. The fraction of sp³-hybridized carbons (Fsp3) is 0.0714. The first-order valence-electron chi connectivity index (χ1n) is 5.60. The van der Waals surface area contributed by atoms with Gasteiger partial charge in [0.25, 0.3) is 0 Å². The van der Waals surface area contributed by atoms with Gasteiger partial charge in [-0.3, -0.25) is 0 Å². The van der Waals surface area contributed by atoms with Crippen molar-refractivity contribution in [3.05, 3.63) is 60.6 Å². The standard InChI is InChI=1S/C14H16N4/c1-9(15)13-14(18-11(3)17-13)16-10(2)12-7-5-4-6-8-12/h4-8,16H,1-2,15H2,3H3,(H,17,18). The maximum atomic E-state index is 5.71. The molecule has 2 rings (SSSR count). The minimum absolute atomic E-state index is 0.443. The molecule has 0 atom stereocenters. The Kier molecular flexibility index (Phi) is 3.19. The molecule has 2 aromatic rings.